The molecule has 0 amide bonds. The number of hydrogen-bond donors (Lipinski definition) is 0. The molecule has 114 valence electrons. The molecular formula is C12H25O6P. The first-order valence-electron chi connectivity index (χ1n) is 6.52. The Morgan fingerprint density at radius 2 is 1.53 bits per heavy atom. The molecule has 0 saturated heterocycles. The maximum atomic E-state index is 11.9. The summed E-state index contributed by atoms with van der Waals surface area (Å²) in [5.74, 6) is -0.304. The predicted octanol–water partition coefficient (Wildman–Crippen LogP) is 3.16. The van der Waals surface area contributed by atoms with Crippen molar-refractivity contribution in [2.75, 3.05) is 26.4 Å². The molecule has 0 radical (unpaired) electrons. The first-order valence-corrected chi connectivity index (χ1v) is 7.98. The standard InChI is InChI=1S/C12H25O6P/c1-6-12(4,5)11(13)15-9-10-18-19(14,16-7-2)17-8-3/h6-10H2,1-5H3. The summed E-state index contributed by atoms with van der Waals surface area (Å²) in [6, 6.07) is 0. The van der Waals surface area contributed by atoms with Crippen LogP contribution in [0.4, 0.5) is 0 Å². The van der Waals surface area contributed by atoms with Gasteiger partial charge in [0.2, 0.25) is 0 Å². The molecule has 0 fully saturated rings. The average Bonchev–Trinajstić information content (AvgIpc) is 2.35. The van der Waals surface area contributed by atoms with E-state index in [0.29, 0.717) is 6.42 Å². The zero-order chi connectivity index (χ0) is 14.9. The van der Waals surface area contributed by atoms with E-state index in [2.05, 4.69) is 0 Å². The minimum Gasteiger partial charge on any atom is -0.463 e. The highest BCUT2D eigenvalue weighted by molar-refractivity contribution is 7.48. The lowest BCUT2D eigenvalue weighted by Crippen LogP contribution is -2.27. The summed E-state index contributed by atoms with van der Waals surface area (Å²) in [4.78, 5) is 11.7. The van der Waals surface area contributed by atoms with E-state index < -0.39 is 13.2 Å². The van der Waals surface area contributed by atoms with Crippen molar-refractivity contribution in [1.29, 1.82) is 0 Å². The van der Waals surface area contributed by atoms with Crippen molar-refractivity contribution in [3.63, 3.8) is 0 Å². The molecule has 0 N–H and O–H groups in total. The Balaban J connectivity index is 4.08. The monoisotopic (exact) mass is 296 g/mol. The van der Waals surface area contributed by atoms with Gasteiger partial charge in [-0.15, -0.1) is 0 Å². The summed E-state index contributed by atoms with van der Waals surface area (Å²) in [6.45, 7) is 9.35. The molecule has 0 aliphatic heterocycles. The van der Waals surface area contributed by atoms with Crippen molar-refractivity contribution in [2.45, 2.75) is 41.0 Å². The van der Waals surface area contributed by atoms with Crippen LogP contribution in [0.2, 0.25) is 0 Å². The van der Waals surface area contributed by atoms with Gasteiger partial charge in [-0.3, -0.25) is 18.4 Å². The molecule has 0 spiro atoms. The lowest BCUT2D eigenvalue weighted by atomic mass is 9.91. The van der Waals surface area contributed by atoms with Crippen molar-refractivity contribution < 1.29 is 27.7 Å². The second-order valence-electron chi connectivity index (χ2n) is 4.49. The molecule has 0 aliphatic carbocycles. The van der Waals surface area contributed by atoms with Crippen molar-refractivity contribution >= 4 is 13.8 Å². The van der Waals surface area contributed by atoms with Gasteiger partial charge >= 0.3 is 13.8 Å². The van der Waals surface area contributed by atoms with E-state index in [-0.39, 0.29) is 32.4 Å². The number of carbonyl (C=O) groups excluding carboxylic acids is 1. The van der Waals surface area contributed by atoms with Gasteiger partial charge in [-0.2, -0.15) is 0 Å². The summed E-state index contributed by atoms with van der Waals surface area (Å²) in [6.07, 6.45) is 0.684. The highest BCUT2D eigenvalue weighted by Gasteiger charge is 2.28. The van der Waals surface area contributed by atoms with Crippen LogP contribution in [0.5, 0.6) is 0 Å². The minimum absolute atomic E-state index is 0.0202. The van der Waals surface area contributed by atoms with Gasteiger partial charge in [0.15, 0.2) is 0 Å². The lowest BCUT2D eigenvalue weighted by molar-refractivity contribution is -0.155. The molecule has 0 aromatic heterocycles. The number of carbonyl (C=O) groups is 1. The lowest BCUT2D eigenvalue weighted by Gasteiger charge is -2.21. The van der Waals surface area contributed by atoms with Gasteiger partial charge in [0, 0.05) is 0 Å². The SMILES string of the molecule is CCOP(=O)(OCC)OCCOC(=O)C(C)(C)CC. The van der Waals surface area contributed by atoms with Crippen LogP contribution in [-0.2, 0) is 27.7 Å². The van der Waals surface area contributed by atoms with Gasteiger partial charge in [-0.05, 0) is 34.1 Å². The fourth-order valence-corrected chi connectivity index (χ4v) is 2.21. The maximum Gasteiger partial charge on any atom is 0.474 e. The fraction of sp³-hybridized carbons (Fsp3) is 0.917. The van der Waals surface area contributed by atoms with Crippen LogP contribution in [0.15, 0.2) is 0 Å². The molecule has 0 unspecified atom stereocenters. The predicted molar refractivity (Wildman–Crippen MR) is 71.8 cm³/mol. The van der Waals surface area contributed by atoms with Gasteiger partial charge in [0.05, 0.1) is 25.2 Å². The zero-order valence-electron chi connectivity index (χ0n) is 12.4. The van der Waals surface area contributed by atoms with Crippen LogP contribution < -0.4 is 0 Å². The molecule has 0 bridgehead atoms. The molecule has 6 nitrogen and oxygen atoms in total. The van der Waals surface area contributed by atoms with E-state index in [1.807, 2.05) is 20.8 Å². The smallest absolute Gasteiger partial charge is 0.463 e. The molecule has 0 atom stereocenters. The van der Waals surface area contributed by atoms with Gasteiger partial charge in [-0.1, -0.05) is 6.92 Å². The van der Waals surface area contributed by atoms with Crippen molar-refractivity contribution in [3.8, 4) is 0 Å². The highest BCUT2D eigenvalue weighted by Crippen LogP contribution is 2.48. The van der Waals surface area contributed by atoms with E-state index in [4.69, 9.17) is 18.3 Å². The van der Waals surface area contributed by atoms with E-state index in [1.54, 1.807) is 13.8 Å². The van der Waals surface area contributed by atoms with Gasteiger partial charge < -0.3 is 4.74 Å². The van der Waals surface area contributed by atoms with Crippen molar-refractivity contribution in [2.24, 2.45) is 5.41 Å². The Hall–Kier alpha value is -0.420. The van der Waals surface area contributed by atoms with Crippen molar-refractivity contribution in [1.82, 2.24) is 0 Å². The number of hydrogen-bond acceptors (Lipinski definition) is 6. The molecule has 0 rings (SSSR count). The largest absolute Gasteiger partial charge is 0.474 e. The molecule has 0 heterocycles. The topological polar surface area (TPSA) is 71.1 Å². The van der Waals surface area contributed by atoms with Crippen LogP contribution >= 0.6 is 7.82 Å². The average molecular weight is 296 g/mol. The zero-order valence-corrected chi connectivity index (χ0v) is 13.3. The summed E-state index contributed by atoms with van der Waals surface area (Å²) in [5.41, 5.74) is -0.524. The molecule has 7 heteroatoms. The van der Waals surface area contributed by atoms with Gasteiger partial charge in [-0.25, -0.2) is 4.57 Å². The van der Waals surface area contributed by atoms with Crippen LogP contribution in [0.25, 0.3) is 0 Å². The summed E-state index contributed by atoms with van der Waals surface area (Å²) in [5, 5.41) is 0. The molecule has 0 aromatic carbocycles. The van der Waals surface area contributed by atoms with Gasteiger partial charge in [0.1, 0.15) is 6.61 Å². The third kappa shape index (κ3) is 7.06. The van der Waals surface area contributed by atoms with E-state index >= 15 is 0 Å². The molecular weight excluding hydrogens is 271 g/mol. The van der Waals surface area contributed by atoms with Crippen LogP contribution in [0, 0.1) is 5.41 Å². The quantitative estimate of drug-likeness (QED) is 0.350. The third-order valence-electron chi connectivity index (χ3n) is 2.58. The molecule has 0 aromatic rings. The highest BCUT2D eigenvalue weighted by atomic mass is 31.2. The Kier molecular flexibility index (Phi) is 8.50. The van der Waals surface area contributed by atoms with Crippen LogP contribution in [0.3, 0.4) is 0 Å². The molecule has 0 aliphatic rings. The Morgan fingerprint density at radius 1 is 1.00 bits per heavy atom. The van der Waals surface area contributed by atoms with Crippen LogP contribution in [-0.4, -0.2) is 32.4 Å². The summed E-state index contributed by atoms with van der Waals surface area (Å²) in [7, 11) is -3.52. The fourth-order valence-electron chi connectivity index (χ4n) is 1.05. The van der Waals surface area contributed by atoms with Crippen molar-refractivity contribution in [3.05, 3.63) is 0 Å². The maximum absolute atomic E-state index is 11.9. The third-order valence-corrected chi connectivity index (χ3v) is 4.22. The number of phosphoric acid groups is 1. The number of esters is 1. The van der Waals surface area contributed by atoms with Crippen LogP contribution in [0.1, 0.15) is 41.0 Å². The van der Waals surface area contributed by atoms with E-state index in [0.717, 1.165) is 0 Å². The van der Waals surface area contributed by atoms with Gasteiger partial charge in [0.25, 0.3) is 0 Å². The van der Waals surface area contributed by atoms with E-state index in [9.17, 15) is 9.36 Å². The Labute approximate surface area is 115 Å². The second-order valence-corrected chi connectivity index (χ2v) is 6.16. The Bertz CT molecular complexity index is 305. The minimum atomic E-state index is -3.52. The second kappa shape index (κ2) is 8.69. The Morgan fingerprint density at radius 3 is 1.95 bits per heavy atom. The summed E-state index contributed by atoms with van der Waals surface area (Å²) >= 11 is 0. The first-order chi connectivity index (χ1) is 8.81. The number of ether oxygens (including phenoxy) is 1. The first kappa shape index (κ1) is 18.6. The number of rotatable bonds is 10. The summed E-state index contributed by atoms with van der Waals surface area (Å²) < 4.78 is 31.9. The normalized spacial score (nSPS) is 12.5. The number of phosphoric ester groups is 1. The molecule has 0 saturated carbocycles. The molecule has 19 heavy (non-hydrogen) atoms. The van der Waals surface area contributed by atoms with E-state index in [1.165, 1.54) is 0 Å².